The highest BCUT2D eigenvalue weighted by Gasteiger charge is 2.25. The lowest BCUT2D eigenvalue weighted by Gasteiger charge is -2.20. The number of hydrogen-bond acceptors (Lipinski definition) is 5. The molecule has 0 aliphatic heterocycles. The zero-order chi connectivity index (χ0) is 21.0. The Morgan fingerprint density at radius 2 is 1.83 bits per heavy atom. The largest absolute Gasteiger partial charge is 0.422 e. The second-order valence-electron chi connectivity index (χ2n) is 6.43. The maximum Gasteiger partial charge on any atom is 0.343 e. The molecule has 1 heterocycles. The first kappa shape index (κ1) is 20.8. The molecule has 0 radical (unpaired) electrons. The van der Waals surface area contributed by atoms with E-state index in [1.54, 1.807) is 57.3 Å². The number of aryl methyl sites for hydroxylation is 1. The second kappa shape index (κ2) is 8.59. The lowest BCUT2D eigenvalue weighted by molar-refractivity contribution is 0.0735. The number of esters is 1. The van der Waals surface area contributed by atoms with E-state index in [1.165, 1.54) is 10.4 Å². The van der Waals surface area contributed by atoms with Crippen LogP contribution >= 0.6 is 0 Å². The van der Waals surface area contributed by atoms with Gasteiger partial charge >= 0.3 is 5.97 Å². The summed E-state index contributed by atoms with van der Waals surface area (Å²) in [4.78, 5) is 12.9. The van der Waals surface area contributed by atoms with Crippen molar-refractivity contribution in [2.75, 3.05) is 13.1 Å². The van der Waals surface area contributed by atoms with Crippen LogP contribution in [0.1, 0.15) is 29.8 Å². The number of aromatic nitrogens is 2. The zero-order valence-corrected chi connectivity index (χ0v) is 17.4. The molecule has 3 rings (SSSR count). The van der Waals surface area contributed by atoms with E-state index in [0.717, 1.165) is 0 Å². The molecule has 1 N–H and O–H groups in total. The van der Waals surface area contributed by atoms with Crippen LogP contribution in [0.4, 0.5) is 0 Å². The predicted molar refractivity (Wildman–Crippen MR) is 110 cm³/mol. The summed E-state index contributed by atoms with van der Waals surface area (Å²) in [6, 6.07) is 13.4. The third kappa shape index (κ3) is 4.23. The van der Waals surface area contributed by atoms with Crippen LogP contribution in [-0.2, 0) is 10.0 Å². The Morgan fingerprint density at radius 3 is 2.48 bits per heavy atom. The number of carbonyl (C=O) groups excluding carboxylic acids is 1. The normalized spacial score (nSPS) is 11.6. The number of nitrogens with one attached hydrogen (secondary N) is 1. The summed E-state index contributed by atoms with van der Waals surface area (Å²) in [7, 11) is -3.69. The van der Waals surface area contributed by atoms with Crippen LogP contribution in [0.3, 0.4) is 0 Å². The molecule has 0 atom stereocenters. The van der Waals surface area contributed by atoms with Crippen LogP contribution in [0.2, 0.25) is 0 Å². The highest BCUT2D eigenvalue weighted by Crippen LogP contribution is 2.29. The Hall–Kier alpha value is -2.97. The van der Waals surface area contributed by atoms with Crippen molar-refractivity contribution in [3.05, 3.63) is 65.9 Å². The molecule has 1 aromatic heterocycles. The van der Waals surface area contributed by atoms with Gasteiger partial charge in [0.1, 0.15) is 5.75 Å². The van der Waals surface area contributed by atoms with E-state index in [2.05, 4.69) is 10.2 Å². The second-order valence-corrected chi connectivity index (χ2v) is 8.33. The van der Waals surface area contributed by atoms with Gasteiger partial charge in [-0.25, -0.2) is 13.2 Å². The predicted octanol–water partition coefficient (Wildman–Crippen LogP) is 3.63. The van der Waals surface area contributed by atoms with Crippen LogP contribution in [0.5, 0.6) is 5.75 Å². The number of nitrogens with zero attached hydrogens (tertiary/aromatic N) is 2. The molecule has 0 unspecified atom stereocenters. The molecule has 0 spiro atoms. The van der Waals surface area contributed by atoms with E-state index in [-0.39, 0.29) is 10.5 Å². The van der Waals surface area contributed by atoms with Crippen molar-refractivity contribution in [2.24, 2.45) is 0 Å². The van der Waals surface area contributed by atoms with E-state index in [1.807, 2.05) is 12.1 Å². The summed E-state index contributed by atoms with van der Waals surface area (Å²) in [6.07, 6.45) is 1.61. The Kier molecular flexibility index (Phi) is 6.14. The van der Waals surface area contributed by atoms with Crippen molar-refractivity contribution in [1.29, 1.82) is 0 Å². The van der Waals surface area contributed by atoms with Gasteiger partial charge in [-0.2, -0.15) is 9.40 Å². The first-order chi connectivity index (χ1) is 13.9. The van der Waals surface area contributed by atoms with Gasteiger partial charge in [0, 0.05) is 24.8 Å². The molecular weight excluding hydrogens is 390 g/mol. The molecule has 0 saturated carbocycles. The Balaban J connectivity index is 1.94. The maximum atomic E-state index is 12.9. The van der Waals surface area contributed by atoms with E-state index >= 15 is 0 Å². The van der Waals surface area contributed by atoms with Gasteiger partial charge in [-0.05, 0) is 42.8 Å². The van der Waals surface area contributed by atoms with Crippen LogP contribution in [-0.4, -0.2) is 42.0 Å². The third-order valence-electron chi connectivity index (χ3n) is 4.63. The van der Waals surface area contributed by atoms with Crippen molar-refractivity contribution in [3.63, 3.8) is 0 Å². The number of hydrogen-bond donors (Lipinski definition) is 1. The van der Waals surface area contributed by atoms with Crippen molar-refractivity contribution in [1.82, 2.24) is 14.5 Å². The van der Waals surface area contributed by atoms with Gasteiger partial charge in [-0.1, -0.05) is 32.0 Å². The van der Waals surface area contributed by atoms with E-state index in [9.17, 15) is 13.2 Å². The fraction of sp³-hybridized carbons (Fsp3) is 0.238. The van der Waals surface area contributed by atoms with Crippen LogP contribution < -0.4 is 4.74 Å². The summed E-state index contributed by atoms with van der Waals surface area (Å²) in [5.74, 6) is -0.275. The van der Waals surface area contributed by atoms with E-state index in [4.69, 9.17) is 4.74 Å². The summed E-state index contributed by atoms with van der Waals surface area (Å²) in [5.41, 5.74) is 2.13. The van der Waals surface area contributed by atoms with Gasteiger partial charge < -0.3 is 4.74 Å². The summed E-state index contributed by atoms with van der Waals surface area (Å²) < 4.78 is 32.8. The highest BCUT2D eigenvalue weighted by molar-refractivity contribution is 7.89. The minimum atomic E-state index is -3.69. The van der Waals surface area contributed by atoms with Crippen molar-refractivity contribution in [3.8, 4) is 17.0 Å². The monoisotopic (exact) mass is 413 g/mol. The quantitative estimate of drug-likeness (QED) is 0.472. The maximum absolute atomic E-state index is 12.9. The average molecular weight is 413 g/mol. The van der Waals surface area contributed by atoms with Gasteiger partial charge in [0.25, 0.3) is 0 Å². The SMILES string of the molecule is CCN(CC)S(=O)(=O)c1cc(C(=O)Oc2ccccc2-c2ccn[nH]2)ccc1C. The molecule has 0 bridgehead atoms. The van der Waals surface area contributed by atoms with Gasteiger partial charge in [0.2, 0.25) is 10.0 Å². The molecule has 152 valence electrons. The van der Waals surface area contributed by atoms with Crippen molar-refractivity contribution < 1.29 is 17.9 Å². The minimum Gasteiger partial charge on any atom is -0.422 e. The number of aromatic amines is 1. The molecule has 0 saturated heterocycles. The van der Waals surface area contributed by atoms with Crippen LogP contribution in [0, 0.1) is 6.92 Å². The van der Waals surface area contributed by atoms with Crippen LogP contribution in [0.25, 0.3) is 11.3 Å². The Morgan fingerprint density at radius 1 is 1.10 bits per heavy atom. The van der Waals surface area contributed by atoms with Crippen molar-refractivity contribution in [2.45, 2.75) is 25.7 Å². The Labute approximate surface area is 170 Å². The zero-order valence-electron chi connectivity index (χ0n) is 16.5. The topological polar surface area (TPSA) is 92.4 Å². The molecule has 0 aliphatic rings. The summed E-state index contributed by atoms with van der Waals surface area (Å²) in [5, 5.41) is 6.76. The van der Waals surface area contributed by atoms with Gasteiger partial charge in [-0.15, -0.1) is 0 Å². The van der Waals surface area contributed by atoms with Gasteiger partial charge in [0.15, 0.2) is 0 Å². The summed E-state index contributed by atoms with van der Waals surface area (Å²) in [6.45, 7) is 5.97. The van der Waals surface area contributed by atoms with Gasteiger partial charge in [-0.3, -0.25) is 5.10 Å². The number of benzene rings is 2. The number of para-hydroxylation sites is 1. The van der Waals surface area contributed by atoms with E-state index in [0.29, 0.717) is 35.7 Å². The fourth-order valence-electron chi connectivity index (χ4n) is 3.05. The van der Waals surface area contributed by atoms with Gasteiger partial charge in [0.05, 0.1) is 16.2 Å². The smallest absolute Gasteiger partial charge is 0.343 e. The molecule has 7 nitrogen and oxygen atoms in total. The van der Waals surface area contributed by atoms with Crippen molar-refractivity contribution >= 4 is 16.0 Å². The fourth-order valence-corrected chi connectivity index (χ4v) is 4.76. The molecule has 2 aromatic carbocycles. The van der Waals surface area contributed by atoms with E-state index < -0.39 is 16.0 Å². The number of ether oxygens (including phenoxy) is 1. The molecule has 29 heavy (non-hydrogen) atoms. The lowest BCUT2D eigenvalue weighted by Crippen LogP contribution is -2.31. The number of sulfonamides is 1. The first-order valence-electron chi connectivity index (χ1n) is 9.30. The molecule has 0 aliphatic carbocycles. The molecule has 0 amide bonds. The lowest BCUT2D eigenvalue weighted by atomic mass is 10.1. The average Bonchev–Trinajstić information content (AvgIpc) is 3.24. The number of carbonyl (C=O) groups is 1. The standard InChI is InChI=1S/C21H23N3O4S/c1-4-24(5-2)29(26,27)20-14-16(11-10-15(20)3)21(25)28-19-9-7-6-8-17(19)18-12-13-22-23-18/h6-14H,4-5H2,1-3H3,(H,22,23). The summed E-state index contributed by atoms with van der Waals surface area (Å²) >= 11 is 0. The highest BCUT2D eigenvalue weighted by atomic mass is 32.2. The molecular formula is C21H23N3O4S. The molecule has 0 fully saturated rings. The third-order valence-corrected chi connectivity index (χ3v) is 6.82. The number of rotatable bonds is 7. The number of H-pyrrole nitrogens is 1. The minimum absolute atomic E-state index is 0.109. The first-order valence-corrected chi connectivity index (χ1v) is 10.7. The molecule has 8 heteroatoms. The Bertz CT molecular complexity index is 1100. The van der Waals surface area contributed by atoms with Crippen LogP contribution in [0.15, 0.2) is 59.6 Å². The molecule has 3 aromatic rings.